The van der Waals surface area contributed by atoms with Gasteiger partial charge in [-0.15, -0.1) is 22.0 Å². The number of hydrogen-bond acceptors (Lipinski definition) is 9. The van der Waals surface area contributed by atoms with Gasteiger partial charge in [-0.25, -0.2) is 4.79 Å². The van der Waals surface area contributed by atoms with E-state index in [2.05, 4.69) is 20.6 Å². The summed E-state index contributed by atoms with van der Waals surface area (Å²) in [5, 5.41) is 25.0. The number of nitrogens with zero attached hydrogens (tertiary/aromatic N) is 5. The molecular formula is C17H17ClN6O4S3. The SMILES string of the molecule is CCn1cc(Cl)c(C(=O)N[C@@H]2C(=O)N3C(C(=O)O)=C(CSc4nnc(C)s4)CS[C@H]23)n1. The molecule has 4 rings (SSSR count). The highest BCUT2D eigenvalue weighted by molar-refractivity contribution is 8.01. The van der Waals surface area contributed by atoms with E-state index in [1.165, 1.54) is 50.6 Å². The summed E-state index contributed by atoms with van der Waals surface area (Å²) in [5.74, 6) is -1.38. The normalized spacial score (nSPS) is 20.5. The molecule has 2 amide bonds. The standard InChI is InChI=1S/C17H17ClN6O4S3/c1-3-23-4-9(18)10(22-23)13(25)19-11-14(26)24-12(16(27)28)8(5-29-15(11)24)6-30-17-21-20-7(2)31-17/h4,11,15H,3,5-6H2,1-2H3,(H,19,25)(H,27,28)/t11-,15-/m1/s1. The van der Waals surface area contributed by atoms with Crippen molar-refractivity contribution in [3.63, 3.8) is 0 Å². The third kappa shape index (κ3) is 4.19. The zero-order valence-corrected chi connectivity index (χ0v) is 19.6. The maximum Gasteiger partial charge on any atom is 0.352 e. The van der Waals surface area contributed by atoms with E-state index in [4.69, 9.17) is 11.6 Å². The lowest BCUT2D eigenvalue weighted by atomic mass is 10.0. The van der Waals surface area contributed by atoms with Gasteiger partial charge in [-0.3, -0.25) is 19.2 Å². The van der Waals surface area contributed by atoms with E-state index in [-0.39, 0.29) is 16.4 Å². The lowest BCUT2D eigenvalue weighted by molar-refractivity contribution is -0.148. The minimum Gasteiger partial charge on any atom is -0.477 e. The van der Waals surface area contributed by atoms with Crippen LogP contribution >= 0.6 is 46.5 Å². The molecule has 2 atom stereocenters. The van der Waals surface area contributed by atoms with E-state index in [1.807, 2.05) is 13.8 Å². The molecule has 1 saturated heterocycles. The molecule has 4 heterocycles. The van der Waals surface area contributed by atoms with Crippen molar-refractivity contribution in [2.45, 2.75) is 36.1 Å². The van der Waals surface area contributed by atoms with Crippen LogP contribution in [0.1, 0.15) is 22.4 Å². The number of carboxylic acid groups (broad SMARTS) is 1. The number of aliphatic carboxylic acids is 1. The molecule has 1 fully saturated rings. The molecule has 2 N–H and O–H groups in total. The first kappa shape index (κ1) is 22.1. The van der Waals surface area contributed by atoms with Crippen LogP contribution in [0.25, 0.3) is 0 Å². The number of carbonyl (C=O) groups excluding carboxylic acids is 2. The molecule has 164 valence electrons. The van der Waals surface area contributed by atoms with Crippen molar-refractivity contribution in [2.24, 2.45) is 0 Å². The second-order valence-electron chi connectivity index (χ2n) is 6.68. The largest absolute Gasteiger partial charge is 0.477 e. The van der Waals surface area contributed by atoms with Gasteiger partial charge in [-0.1, -0.05) is 34.7 Å². The molecular weight excluding hydrogens is 484 g/mol. The smallest absolute Gasteiger partial charge is 0.352 e. The molecule has 2 aromatic heterocycles. The van der Waals surface area contributed by atoms with Gasteiger partial charge in [0.05, 0.1) is 5.02 Å². The van der Waals surface area contributed by atoms with Crippen molar-refractivity contribution >= 4 is 64.2 Å². The molecule has 0 saturated carbocycles. The molecule has 0 bridgehead atoms. The monoisotopic (exact) mass is 500 g/mol. The zero-order chi connectivity index (χ0) is 22.3. The van der Waals surface area contributed by atoms with Crippen molar-refractivity contribution < 1.29 is 19.5 Å². The Morgan fingerprint density at radius 1 is 1.42 bits per heavy atom. The summed E-state index contributed by atoms with van der Waals surface area (Å²) in [6.07, 6.45) is 1.54. The average molecular weight is 501 g/mol. The van der Waals surface area contributed by atoms with Crippen molar-refractivity contribution in [1.82, 2.24) is 30.2 Å². The number of β-lactam (4-membered cyclic amide) rings is 1. The number of rotatable bonds is 7. The number of carboxylic acids is 1. The third-order valence-corrected chi connectivity index (χ3v) is 8.34. The first-order valence-electron chi connectivity index (χ1n) is 9.16. The summed E-state index contributed by atoms with van der Waals surface area (Å²) < 4.78 is 2.27. The molecule has 0 aromatic carbocycles. The molecule has 0 aliphatic carbocycles. The highest BCUT2D eigenvalue weighted by atomic mass is 35.5. The minimum atomic E-state index is -1.17. The molecule has 14 heteroatoms. The van der Waals surface area contributed by atoms with Crippen LogP contribution in [0.3, 0.4) is 0 Å². The molecule has 31 heavy (non-hydrogen) atoms. The van der Waals surface area contributed by atoms with Crippen molar-refractivity contribution in [3.8, 4) is 0 Å². The second kappa shape index (κ2) is 8.81. The molecule has 0 spiro atoms. The number of halogens is 1. The zero-order valence-electron chi connectivity index (χ0n) is 16.4. The molecule has 2 aromatic rings. The minimum absolute atomic E-state index is 0.0266. The number of thioether (sulfide) groups is 2. The predicted molar refractivity (Wildman–Crippen MR) is 117 cm³/mol. The Morgan fingerprint density at radius 3 is 2.81 bits per heavy atom. The summed E-state index contributed by atoms with van der Waals surface area (Å²) in [4.78, 5) is 38.5. The predicted octanol–water partition coefficient (Wildman–Crippen LogP) is 1.86. The van der Waals surface area contributed by atoms with Gasteiger partial charge in [0.25, 0.3) is 11.8 Å². The average Bonchev–Trinajstić information content (AvgIpc) is 3.34. The highest BCUT2D eigenvalue weighted by Crippen LogP contribution is 2.41. The topological polar surface area (TPSA) is 130 Å². The Balaban J connectivity index is 1.48. The van der Waals surface area contributed by atoms with Crippen LogP contribution in [-0.2, 0) is 16.1 Å². The van der Waals surface area contributed by atoms with Gasteiger partial charge in [0.2, 0.25) is 0 Å². The van der Waals surface area contributed by atoms with Crippen LogP contribution in [0.2, 0.25) is 5.02 Å². The molecule has 2 aliphatic heterocycles. The van der Waals surface area contributed by atoms with Gasteiger partial charge in [0.1, 0.15) is 22.1 Å². The van der Waals surface area contributed by atoms with Crippen molar-refractivity contribution in [2.75, 3.05) is 11.5 Å². The van der Waals surface area contributed by atoms with Crippen molar-refractivity contribution in [3.05, 3.63) is 33.2 Å². The van der Waals surface area contributed by atoms with Crippen molar-refractivity contribution in [1.29, 1.82) is 0 Å². The molecule has 0 radical (unpaired) electrons. The van der Waals surface area contributed by atoms with Crippen LogP contribution in [0, 0.1) is 6.92 Å². The van der Waals surface area contributed by atoms with Crippen LogP contribution in [0.15, 0.2) is 21.8 Å². The van der Waals surface area contributed by atoms with Gasteiger partial charge in [0.15, 0.2) is 10.0 Å². The maximum atomic E-state index is 12.8. The lowest BCUT2D eigenvalue weighted by Gasteiger charge is -2.49. The van der Waals surface area contributed by atoms with Gasteiger partial charge in [-0.2, -0.15) is 5.10 Å². The van der Waals surface area contributed by atoms with E-state index in [0.717, 1.165) is 9.35 Å². The van der Waals surface area contributed by atoms with E-state index in [0.29, 0.717) is 23.6 Å². The molecule has 0 unspecified atom stereocenters. The van der Waals surface area contributed by atoms with Gasteiger partial charge in [-0.05, 0) is 19.4 Å². The number of amides is 2. The fourth-order valence-corrected chi connectivity index (χ4v) is 6.74. The van der Waals surface area contributed by atoms with Gasteiger partial charge < -0.3 is 10.4 Å². The van der Waals surface area contributed by atoms with Crippen LogP contribution in [0.5, 0.6) is 0 Å². The third-order valence-electron chi connectivity index (χ3n) is 4.67. The first-order chi connectivity index (χ1) is 14.8. The van der Waals surface area contributed by atoms with E-state index in [1.54, 1.807) is 0 Å². The highest BCUT2D eigenvalue weighted by Gasteiger charge is 2.54. The Labute approximate surface area is 194 Å². The number of carbonyl (C=O) groups is 3. The quantitative estimate of drug-likeness (QED) is 0.432. The van der Waals surface area contributed by atoms with E-state index >= 15 is 0 Å². The molecule has 10 nitrogen and oxygen atoms in total. The summed E-state index contributed by atoms with van der Waals surface area (Å²) in [6.45, 7) is 4.25. The summed E-state index contributed by atoms with van der Waals surface area (Å²) in [5.41, 5.74) is 0.643. The van der Waals surface area contributed by atoms with Crippen LogP contribution in [-0.4, -0.2) is 70.7 Å². The van der Waals surface area contributed by atoms with E-state index in [9.17, 15) is 19.5 Å². The Morgan fingerprint density at radius 2 is 2.19 bits per heavy atom. The lowest BCUT2D eigenvalue weighted by Crippen LogP contribution is -2.70. The maximum absolute atomic E-state index is 12.8. The second-order valence-corrected chi connectivity index (χ2v) is 10.6. The van der Waals surface area contributed by atoms with Gasteiger partial charge >= 0.3 is 5.97 Å². The van der Waals surface area contributed by atoms with Gasteiger partial charge in [0, 0.05) is 24.2 Å². The fourth-order valence-electron chi connectivity index (χ4n) is 3.20. The summed E-state index contributed by atoms with van der Waals surface area (Å²) in [7, 11) is 0. The first-order valence-corrected chi connectivity index (χ1v) is 12.4. The number of aromatic nitrogens is 4. The Bertz CT molecular complexity index is 1100. The Hall–Kier alpha value is -2.09. The summed E-state index contributed by atoms with van der Waals surface area (Å²) >= 11 is 10.3. The van der Waals surface area contributed by atoms with Crippen LogP contribution in [0.4, 0.5) is 0 Å². The molecule has 2 aliphatic rings. The van der Waals surface area contributed by atoms with E-state index < -0.39 is 29.2 Å². The Kier molecular flexibility index (Phi) is 6.28. The number of nitrogens with one attached hydrogen (secondary N) is 1. The number of hydrogen-bond donors (Lipinski definition) is 2. The number of aryl methyl sites for hydroxylation is 2. The fraction of sp³-hybridized carbons (Fsp3) is 0.412. The van der Waals surface area contributed by atoms with Crippen LogP contribution < -0.4 is 5.32 Å². The number of fused-ring (bicyclic) bond motifs is 1. The summed E-state index contributed by atoms with van der Waals surface area (Å²) in [6, 6.07) is -0.838.